The summed E-state index contributed by atoms with van der Waals surface area (Å²) < 4.78 is 63.7. The van der Waals surface area contributed by atoms with Gasteiger partial charge >= 0.3 is 24.0 Å². The van der Waals surface area contributed by atoms with Crippen LogP contribution in [0.1, 0.15) is 128 Å². The average Bonchev–Trinajstić information content (AvgIpc) is 3.15. The van der Waals surface area contributed by atoms with E-state index in [2.05, 4.69) is 18.6 Å². The van der Waals surface area contributed by atoms with Gasteiger partial charge in [-0.15, -0.1) is 0 Å². The molecule has 53 heavy (non-hydrogen) atoms. The number of ether oxygens (including phenoxy) is 4. The van der Waals surface area contributed by atoms with Gasteiger partial charge in [0.25, 0.3) is 0 Å². The van der Waals surface area contributed by atoms with E-state index in [-0.39, 0.29) is 23.3 Å². The van der Waals surface area contributed by atoms with Gasteiger partial charge in [-0.3, -0.25) is 0 Å². The third-order valence-electron chi connectivity index (χ3n) is 8.82. The zero-order valence-electron chi connectivity index (χ0n) is 30.6. The second-order valence-corrected chi connectivity index (χ2v) is 13.1. The van der Waals surface area contributed by atoms with Crippen molar-refractivity contribution < 1.29 is 46.5 Å². The lowest BCUT2D eigenvalue weighted by Crippen LogP contribution is -2.35. The maximum Gasteiger partial charge on any atom is 0.432 e. The molecule has 0 N–H and O–H groups in total. The van der Waals surface area contributed by atoms with E-state index in [0.29, 0.717) is 40.9 Å². The SMILES string of the molecule is CCCCCCCCOc1ccc(C(=O)Oc2ccc3cc(C(=O)Oc4ccc(C(=O)OC(F)(F)C(F)CCCCCCCC)cc4)ccc3c2)cc1. The Morgan fingerprint density at radius 3 is 1.68 bits per heavy atom. The predicted octanol–water partition coefficient (Wildman–Crippen LogP) is 11.9. The van der Waals surface area contributed by atoms with Crippen molar-refractivity contribution in [1.29, 1.82) is 0 Å². The fourth-order valence-corrected chi connectivity index (χ4v) is 5.68. The molecular formula is C43H49F3O7. The molecule has 4 aromatic carbocycles. The molecule has 10 heteroatoms. The lowest BCUT2D eigenvalue weighted by atomic mass is 10.1. The topological polar surface area (TPSA) is 88.1 Å². The number of carbonyl (C=O) groups is 3. The minimum atomic E-state index is -4.27. The molecule has 0 heterocycles. The second-order valence-electron chi connectivity index (χ2n) is 13.1. The van der Waals surface area contributed by atoms with Gasteiger partial charge in [-0.2, -0.15) is 8.78 Å². The summed E-state index contributed by atoms with van der Waals surface area (Å²) in [5.74, 6) is -1.52. The number of carbonyl (C=O) groups excluding carboxylic acids is 3. The van der Waals surface area contributed by atoms with Gasteiger partial charge in [-0.05, 0) is 96.4 Å². The minimum absolute atomic E-state index is 0.0597. The van der Waals surface area contributed by atoms with Crippen LogP contribution in [0.15, 0.2) is 84.9 Å². The lowest BCUT2D eigenvalue weighted by Gasteiger charge is -2.20. The summed E-state index contributed by atoms with van der Waals surface area (Å²) >= 11 is 0. The zero-order valence-corrected chi connectivity index (χ0v) is 30.6. The first-order valence-corrected chi connectivity index (χ1v) is 18.7. The Kier molecular flexibility index (Phi) is 16.2. The van der Waals surface area contributed by atoms with Crippen LogP contribution in [0.4, 0.5) is 13.2 Å². The number of halogens is 3. The Morgan fingerprint density at radius 2 is 1.02 bits per heavy atom. The number of hydrogen-bond donors (Lipinski definition) is 0. The molecule has 1 unspecified atom stereocenters. The van der Waals surface area contributed by atoms with Crippen LogP contribution >= 0.6 is 0 Å². The molecule has 0 bridgehead atoms. The molecular weight excluding hydrogens is 685 g/mol. The molecule has 0 aliphatic heterocycles. The van der Waals surface area contributed by atoms with Gasteiger partial charge in [-0.25, -0.2) is 18.8 Å². The van der Waals surface area contributed by atoms with Gasteiger partial charge in [0.15, 0.2) is 0 Å². The Labute approximate surface area is 309 Å². The highest BCUT2D eigenvalue weighted by molar-refractivity contribution is 5.97. The van der Waals surface area contributed by atoms with Crippen LogP contribution < -0.4 is 14.2 Å². The quantitative estimate of drug-likeness (QED) is 0.0451. The first-order valence-electron chi connectivity index (χ1n) is 18.7. The predicted molar refractivity (Wildman–Crippen MR) is 199 cm³/mol. The van der Waals surface area contributed by atoms with E-state index in [1.165, 1.54) is 37.8 Å². The highest BCUT2D eigenvalue weighted by Gasteiger charge is 2.44. The van der Waals surface area contributed by atoms with E-state index in [1.54, 1.807) is 60.7 Å². The van der Waals surface area contributed by atoms with E-state index in [9.17, 15) is 27.6 Å². The highest BCUT2D eigenvalue weighted by atomic mass is 19.3. The van der Waals surface area contributed by atoms with E-state index < -0.39 is 36.6 Å². The smallest absolute Gasteiger partial charge is 0.432 e. The van der Waals surface area contributed by atoms with Crippen molar-refractivity contribution in [3.8, 4) is 17.2 Å². The van der Waals surface area contributed by atoms with Crippen molar-refractivity contribution in [2.45, 2.75) is 110 Å². The van der Waals surface area contributed by atoms with Crippen molar-refractivity contribution in [2.24, 2.45) is 0 Å². The highest BCUT2D eigenvalue weighted by Crippen LogP contribution is 2.29. The summed E-state index contributed by atoms with van der Waals surface area (Å²) in [6, 6.07) is 21.5. The summed E-state index contributed by atoms with van der Waals surface area (Å²) in [7, 11) is 0. The second kappa shape index (κ2) is 21.0. The normalized spacial score (nSPS) is 11.9. The number of hydrogen-bond acceptors (Lipinski definition) is 7. The molecule has 284 valence electrons. The van der Waals surface area contributed by atoms with Gasteiger partial charge in [0.05, 0.1) is 23.3 Å². The first-order chi connectivity index (χ1) is 25.6. The van der Waals surface area contributed by atoms with Crippen molar-refractivity contribution in [1.82, 2.24) is 0 Å². The number of alkyl halides is 3. The molecule has 0 amide bonds. The summed E-state index contributed by atoms with van der Waals surface area (Å²) in [5.41, 5.74) is 0.358. The van der Waals surface area contributed by atoms with E-state index in [1.807, 2.05) is 0 Å². The molecule has 0 saturated heterocycles. The fourth-order valence-electron chi connectivity index (χ4n) is 5.68. The number of fused-ring (bicyclic) bond motifs is 1. The average molecular weight is 735 g/mol. The van der Waals surface area contributed by atoms with Crippen LogP contribution in [-0.4, -0.2) is 36.8 Å². The van der Waals surface area contributed by atoms with Crippen molar-refractivity contribution in [3.05, 3.63) is 102 Å². The van der Waals surface area contributed by atoms with Crippen LogP contribution in [0.3, 0.4) is 0 Å². The van der Waals surface area contributed by atoms with E-state index in [4.69, 9.17) is 14.2 Å². The van der Waals surface area contributed by atoms with E-state index in [0.717, 1.165) is 50.7 Å². The number of benzene rings is 4. The van der Waals surface area contributed by atoms with Crippen LogP contribution in [0, 0.1) is 0 Å². The lowest BCUT2D eigenvalue weighted by molar-refractivity contribution is -0.240. The maximum absolute atomic E-state index is 14.3. The van der Waals surface area contributed by atoms with Gasteiger partial charge in [0.1, 0.15) is 17.2 Å². The third-order valence-corrected chi connectivity index (χ3v) is 8.82. The molecule has 0 aliphatic rings. The Bertz CT molecular complexity index is 1760. The summed E-state index contributed by atoms with van der Waals surface area (Å²) in [5, 5.41) is 1.40. The molecule has 0 radical (unpaired) electrons. The summed E-state index contributed by atoms with van der Waals surface area (Å²) in [6.07, 6.45) is 4.61. The van der Waals surface area contributed by atoms with Crippen molar-refractivity contribution >= 4 is 28.7 Å². The van der Waals surface area contributed by atoms with Crippen LogP contribution in [0.5, 0.6) is 17.2 Å². The molecule has 7 nitrogen and oxygen atoms in total. The molecule has 0 aliphatic carbocycles. The van der Waals surface area contributed by atoms with Crippen LogP contribution in [0.25, 0.3) is 10.8 Å². The molecule has 0 fully saturated rings. The van der Waals surface area contributed by atoms with Gasteiger partial charge in [0.2, 0.25) is 6.17 Å². The molecule has 0 spiro atoms. The zero-order chi connectivity index (χ0) is 38.1. The maximum atomic E-state index is 14.3. The summed E-state index contributed by atoms with van der Waals surface area (Å²) in [6.45, 7) is 4.89. The minimum Gasteiger partial charge on any atom is -0.494 e. The number of unbranched alkanes of at least 4 members (excludes halogenated alkanes) is 10. The van der Waals surface area contributed by atoms with Crippen LogP contribution in [-0.2, 0) is 4.74 Å². The Balaban J connectivity index is 1.25. The van der Waals surface area contributed by atoms with Gasteiger partial charge in [-0.1, -0.05) is 96.6 Å². The molecule has 0 saturated carbocycles. The van der Waals surface area contributed by atoms with Gasteiger partial charge in [0, 0.05) is 0 Å². The van der Waals surface area contributed by atoms with Crippen LogP contribution in [0.2, 0.25) is 0 Å². The number of rotatable bonds is 22. The molecule has 4 rings (SSSR count). The molecule has 1 atom stereocenters. The first kappa shape index (κ1) is 40.9. The van der Waals surface area contributed by atoms with E-state index >= 15 is 0 Å². The fraction of sp³-hybridized carbons (Fsp3) is 0.419. The Hall–Kier alpha value is -4.86. The monoisotopic (exact) mass is 734 g/mol. The Morgan fingerprint density at radius 1 is 0.547 bits per heavy atom. The standard InChI is InChI=1S/C43H49F3O7/c1-3-5-7-9-11-13-15-39(44)43(45,46)53-42(49)32-20-25-37(26-21-32)51-41(48)35-17-16-34-30-38(27-22-33(34)29-35)52-40(47)31-18-23-36(24-19-31)50-28-14-12-10-8-6-4-2/h16-27,29-30,39H,3-15,28H2,1-2H3. The largest absolute Gasteiger partial charge is 0.494 e. The summed E-state index contributed by atoms with van der Waals surface area (Å²) in [4.78, 5) is 38.0. The number of esters is 3. The third kappa shape index (κ3) is 13.3. The molecule has 4 aromatic rings. The van der Waals surface area contributed by atoms with Crippen molar-refractivity contribution in [3.63, 3.8) is 0 Å². The van der Waals surface area contributed by atoms with Crippen molar-refractivity contribution in [2.75, 3.05) is 6.61 Å². The van der Waals surface area contributed by atoms with Gasteiger partial charge < -0.3 is 18.9 Å². The molecule has 0 aromatic heterocycles.